The Morgan fingerprint density at radius 3 is 2.50 bits per heavy atom. The number of hydrogen-bond donors (Lipinski definition) is 0. The van der Waals surface area contributed by atoms with Crippen LogP contribution >= 0.6 is 0 Å². The van der Waals surface area contributed by atoms with Crippen molar-refractivity contribution in [2.75, 3.05) is 13.2 Å². The van der Waals surface area contributed by atoms with Gasteiger partial charge >= 0.3 is 0 Å². The van der Waals surface area contributed by atoms with Gasteiger partial charge in [-0.3, -0.25) is 10.1 Å². The summed E-state index contributed by atoms with van der Waals surface area (Å²) in [7, 11) is 0. The summed E-state index contributed by atoms with van der Waals surface area (Å²) in [6.45, 7) is 5.91. The second-order valence-electron chi connectivity index (χ2n) is 8.08. The Kier molecular flexibility index (Phi) is 9.28. The smallest absolute Gasteiger partial charge is 0.273 e. The zero-order valence-electron chi connectivity index (χ0n) is 19.5. The lowest BCUT2D eigenvalue weighted by molar-refractivity contribution is -0.384. The third kappa shape index (κ3) is 6.40. The molecule has 34 heavy (non-hydrogen) atoms. The molecule has 0 bridgehead atoms. The van der Waals surface area contributed by atoms with Crippen LogP contribution < -0.4 is 4.74 Å². The molecule has 0 amide bonds. The van der Waals surface area contributed by atoms with Gasteiger partial charge in [0.1, 0.15) is 35.1 Å². The second kappa shape index (κ2) is 12.1. The summed E-state index contributed by atoms with van der Waals surface area (Å²) in [6.07, 6.45) is 5.21. The first-order chi connectivity index (χ1) is 16.3. The zero-order valence-corrected chi connectivity index (χ0v) is 19.5. The molecule has 1 aromatic rings. The molecule has 0 fully saturated rings. The predicted octanol–water partition coefficient (Wildman–Crippen LogP) is 5.96. The molecule has 0 saturated heterocycles. The molecule has 1 aromatic carbocycles. The number of rotatable bonds is 11. The van der Waals surface area contributed by atoms with Crippen LogP contribution in [0.25, 0.3) is 0 Å². The predicted molar refractivity (Wildman–Crippen MR) is 123 cm³/mol. The first-order valence-electron chi connectivity index (χ1n) is 10.9. The van der Waals surface area contributed by atoms with E-state index in [4.69, 9.17) is 20.0 Å². The molecule has 0 spiro atoms. The summed E-state index contributed by atoms with van der Waals surface area (Å²) in [5, 5.41) is 47.4. The molecule has 0 unspecified atom stereocenters. The highest BCUT2D eigenvalue weighted by molar-refractivity contribution is 5.58. The van der Waals surface area contributed by atoms with Gasteiger partial charge < -0.3 is 9.47 Å². The second-order valence-corrected chi connectivity index (χ2v) is 8.08. The summed E-state index contributed by atoms with van der Waals surface area (Å²) in [4.78, 5) is 10.7. The van der Waals surface area contributed by atoms with Crippen LogP contribution in [0, 0.1) is 44.1 Å². The highest BCUT2D eigenvalue weighted by Gasteiger charge is 2.39. The molecular weight excluding hydrogens is 436 g/mol. The number of non-ortho nitro benzene ring substituents is 1. The van der Waals surface area contributed by atoms with Crippen LogP contribution in [0.2, 0.25) is 0 Å². The molecule has 10 heteroatoms. The van der Waals surface area contributed by atoms with Crippen LogP contribution in [0.3, 0.4) is 0 Å². The molecular formula is C24H26N6O4. The largest absolute Gasteiger partial charge is 0.491 e. The van der Waals surface area contributed by atoms with E-state index in [1.807, 2.05) is 6.07 Å². The average molecular weight is 463 g/mol. The van der Waals surface area contributed by atoms with Crippen LogP contribution in [-0.2, 0) is 4.74 Å². The van der Waals surface area contributed by atoms with Gasteiger partial charge in [-0.1, -0.05) is 32.6 Å². The highest BCUT2D eigenvalue weighted by Crippen LogP contribution is 2.40. The van der Waals surface area contributed by atoms with E-state index in [2.05, 4.69) is 17.2 Å². The maximum Gasteiger partial charge on any atom is 0.273 e. The summed E-state index contributed by atoms with van der Waals surface area (Å²) in [5.74, 6) is 0.187. The van der Waals surface area contributed by atoms with Gasteiger partial charge in [0.25, 0.3) is 5.69 Å². The molecule has 2 rings (SSSR count). The van der Waals surface area contributed by atoms with Gasteiger partial charge in [-0.25, -0.2) is 0 Å². The number of unbranched alkanes of at least 4 members (excludes halogenated alkanes) is 4. The number of nitro groups is 1. The van der Waals surface area contributed by atoms with Crippen molar-refractivity contribution < 1.29 is 14.4 Å². The van der Waals surface area contributed by atoms with Crippen LogP contribution in [-0.4, -0.2) is 23.7 Å². The molecule has 1 aliphatic rings. The van der Waals surface area contributed by atoms with E-state index in [0.29, 0.717) is 17.9 Å². The summed E-state index contributed by atoms with van der Waals surface area (Å²) >= 11 is 0. The number of nitrogens with zero attached hydrogens (tertiary/aromatic N) is 6. The molecule has 0 saturated carbocycles. The van der Waals surface area contributed by atoms with Gasteiger partial charge in [0.2, 0.25) is 0 Å². The van der Waals surface area contributed by atoms with Crippen LogP contribution in [0.15, 0.2) is 50.9 Å². The van der Waals surface area contributed by atoms with E-state index in [-0.39, 0.29) is 34.9 Å². The van der Waals surface area contributed by atoms with E-state index in [1.165, 1.54) is 18.2 Å². The molecule has 1 heterocycles. The number of azo groups is 1. The van der Waals surface area contributed by atoms with Gasteiger partial charge in [0.05, 0.1) is 24.1 Å². The maximum atomic E-state index is 11.2. The summed E-state index contributed by atoms with van der Waals surface area (Å²) in [5.41, 5.74) is -0.505. The van der Waals surface area contributed by atoms with Crippen molar-refractivity contribution in [3.8, 4) is 24.0 Å². The standard InChI is InChI=1S/C24H26N6O4/c1-4-5-6-7-8-11-33-22-12-18(30(31)32)9-10-21(22)29-28-16-20-19(15-27)23(17(13-25)14-26)34-24(20,2)3/h9-10,12H,4-8,11,16H2,1-3H3. The third-order valence-electron chi connectivity index (χ3n) is 5.24. The van der Waals surface area contributed by atoms with Crippen molar-refractivity contribution in [1.29, 1.82) is 15.8 Å². The Morgan fingerprint density at radius 2 is 1.88 bits per heavy atom. The van der Waals surface area contributed by atoms with Crippen LogP contribution in [0.1, 0.15) is 52.9 Å². The number of allylic oxidation sites excluding steroid dienone is 2. The van der Waals surface area contributed by atoms with Gasteiger partial charge in [0, 0.05) is 11.6 Å². The minimum absolute atomic E-state index is 0.0308. The summed E-state index contributed by atoms with van der Waals surface area (Å²) in [6, 6.07) is 9.56. The van der Waals surface area contributed by atoms with Crippen molar-refractivity contribution in [1.82, 2.24) is 0 Å². The number of hydrogen-bond acceptors (Lipinski definition) is 9. The zero-order chi connectivity index (χ0) is 25.1. The van der Waals surface area contributed by atoms with E-state index >= 15 is 0 Å². The lowest BCUT2D eigenvalue weighted by atomic mass is 9.95. The fourth-order valence-electron chi connectivity index (χ4n) is 3.38. The Bertz CT molecular complexity index is 1130. The normalized spacial score (nSPS) is 14.3. The Balaban J connectivity index is 2.27. The molecule has 0 radical (unpaired) electrons. The van der Waals surface area contributed by atoms with Crippen molar-refractivity contribution in [3.63, 3.8) is 0 Å². The molecule has 10 nitrogen and oxygen atoms in total. The minimum Gasteiger partial charge on any atom is -0.491 e. The number of benzene rings is 1. The molecule has 0 atom stereocenters. The number of nitriles is 3. The van der Waals surface area contributed by atoms with E-state index in [0.717, 1.165) is 32.1 Å². The fourth-order valence-corrected chi connectivity index (χ4v) is 3.38. The van der Waals surface area contributed by atoms with Crippen molar-refractivity contribution in [2.45, 2.75) is 58.5 Å². The topological polar surface area (TPSA) is 158 Å². The Labute approximate surface area is 198 Å². The van der Waals surface area contributed by atoms with Crippen LogP contribution in [0.5, 0.6) is 5.75 Å². The van der Waals surface area contributed by atoms with Gasteiger partial charge in [-0.15, -0.1) is 0 Å². The fraction of sp³-hybridized carbons (Fsp3) is 0.458. The van der Waals surface area contributed by atoms with Crippen molar-refractivity contribution in [2.24, 2.45) is 10.2 Å². The van der Waals surface area contributed by atoms with E-state index < -0.39 is 10.5 Å². The number of nitro benzene ring substituents is 1. The average Bonchev–Trinajstić information content (AvgIpc) is 3.07. The first kappa shape index (κ1) is 26.0. The monoisotopic (exact) mass is 462 g/mol. The minimum atomic E-state index is -0.967. The van der Waals surface area contributed by atoms with E-state index in [1.54, 1.807) is 26.0 Å². The third-order valence-corrected chi connectivity index (χ3v) is 5.24. The summed E-state index contributed by atoms with van der Waals surface area (Å²) < 4.78 is 11.5. The van der Waals surface area contributed by atoms with Gasteiger partial charge in [0.15, 0.2) is 17.1 Å². The van der Waals surface area contributed by atoms with Crippen molar-refractivity contribution >= 4 is 11.4 Å². The molecule has 0 aromatic heterocycles. The lowest BCUT2D eigenvalue weighted by Crippen LogP contribution is -2.23. The molecule has 0 aliphatic carbocycles. The van der Waals surface area contributed by atoms with Crippen molar-refractivity contribution in [3.05, 3.63) is 50.8 Å². The lowest BCUT2D eigenvalue weighted by Gasteiger charge is -2.21. The van der Waals surface area contributed by atoms with E-state index in [9.17, 15) is 15.4 Å². The Morgan fingerprint density at radius 1 is 1.18 bits per heavy atom. The molecule has 1 aliphatic heterocycles. The highest BCUT2D eigenvalue weighted by atomic mass is 16.6. The van der Waals surface area contributed by atoms with Gasteiger partial charge in [-0.05, 0) is 26.3 Å². The van der Waals surface area contributed by atoms with Crippen LogP contribution in [0.4, 0.5) is 11.4 Å². The molecule has 176 valence electrons. The first-order valence-corrected chi connectivity index (χ1v) is 10.9. The Hall–Kier alpha value is -4.23. The quantitative estimate of drug-likeness (QED) is 0.129. The van der Waals surface area contributed by atoms with Gasteiger partial charge in [-0.2, -0.15) is 26.0 Å². The maximum absolute atomic E-state index is 11.2. The molecule has 0 N–H and O–H groups in total. The number of ether oxygens (including phenoxy) is 2. The SMILES string of the molecule is CCCCCCCOc1cc([N+](=O)[O-])ccc1N=NCC1=C(C#N)C(=C(C#N)C#N)OC1(C)C.